The first-order valence-electron chi connectivity index (χ1n) is 6.55. The van der Waals surface area contributed by atoms with E-state index in [0.29, 0.717) is 16.8 Å². The van der Waals surface area contributed by atoms with Crippen molar-refractivity contribution in [1.82, 2.24) is 10.2 Å². The smallest absolute Gasteiger partial charge is 0.159 e. The summed E-state index contributed by atoms with van der Waals surface area (Å²) in [5.41, 5.74) is 8.64. The van der Waals surface area contributed by atoms with Gasteiger partial charge in [-0.15, -0.1) is 5.10 Å². The summed E-state index contributed by atoms with van der Waals surface area (Å²) in [7, 11) is 1.71. The number of aliphatic imine (C=N–C) groups is 1. The second-order valence-electron chi connectivity index (χ2n) is 4.94. The molecule has 0 bridgehead atoms. The van der Waals surface area contributed by atoms with Gasteiger partial charge in [0.2, 0.25) is 0 Å². The van der Waals surface area contributed by atoms with Gasteiger partial charge < -0.3 is 5.73 Å². The fourth-order valence-electron chi connectivity index (χ4n) is 2.23. The molecule has 1 aromatic heterocycles. The van der Waals surface area contributed by atoms with Gasteiger partial charge in [-0.05, 0) is 30.5 Å². The van der Waals surface area contributed by atoms with Crippen LogP contribution in [-0.2, 0) is 0 Å². The lowest BCUT2D eigenvalue weighted by Gasteiger charge is -2.07. The second kappa shape index (κ2) is 5.21. The molecule has 0 aliphatic heterocycles. The molecule has 1 aromatic carbocycles. The van der Waals surface area contributed by atoms with E-state index in [2.05, 4.69) is 15.2 Å². The Morgan fingerprint density at radius 1 is 1.35 bits per heavy atom. The largest absolute Gasteiger partial charge is 0.398 e. The molecule has 0 atom stereocenters. The monoisotopic (exact) mass is 286 g/mol. The van der Waals surface area contributed by atoms with E-state index < -0.39 is 0 Å². The minimum atomic E-state index is 0.420. The Bertz CT molecular complexity index is 717. The summed E-state index contributed by atoms with van der Waals surface area (Å²) in [5, 5.41) is 10.7. The molecular formula is C15H15ClN4. The fraction of sp³-hybridized carbons (Fsp3) is 0.267. The maximum absolute atomic E-state index is 6.17. The van der Waals surface area contributed by atoms with Crippen LogP contribution in [0.1, 0.15) is 30.0 Å². The lowest BCUT2D eigenvalue weighted by molar-refractivity contribution is 0.931. The van der Waals surface area contributed by atoms with E-state index in [1.807, 2.05) is 18.2 Å². The predicted molar refractivity (Wildman–Crippen MR) is 83.1 cm³/mol. The topological polar surface area (TPSA) is 64.2 Å². The number of aromatic nitrogens is 2. The van der Waals surface area contributed by atoms with Gasteiger partial charge in [-0.2, -0.15) is 5.10 Å². The number of hydrogen-bond acceptors (Lipinski definition) is 4. The van der Waals surface area contributed by atoms with Crippen molar-refractivity contribution in [2.45, 2.75) is 18.8 Å². The first kappa shape index (κ1) is 13.1. The lowest BCUT2D eigenvalue weighted by Crippen LogP contribution is -1.99. The highest BCUT2D eigenvalue weighted by atomic mass is 35.5. The Kier molecular flexibility index (Phi) is 3.40. The van der Waals surface area contributed by atoms with Crippen LogP contribution >= 0.6 is 11.6 Å². The fourth-order valence-corrected chi connectivity index (χ4v) is 2.43. The van der Waals surface area contributed by atoms with Crippen LogP contribution in [0.15, 0.2) is 29.3 Å². The number of benzene rings is 1. The number of halogens is 1. The van der Waals surface area contributed by atoms with Gasteiger partial charge in [0.15, 0.2) is 5.15 Å². The molecule has 0 spiro atoms. The molecule has 3 rings (SSSR count). The van der Waals surface area contributed by atoms with E-state index in [-0.39, 0.29) is 0 Å². The van der Waals surface area contributed by atoms with Crippen LogP contribution in [0.5, 0.6) is 0 Å². The van der Waals surface area contributed by atoms with Crippen LogP contribution in [0.4, 0.5) is 0 Å². The zero-order valence-electron chi connectivity index (χ0n) is 11.2. The SMILES string of the molecule is CN=CC=C(N)c1ccc2c(C3CC3)nnc(Cl)c2c1. The van der Waals surface area contributed by atoms with E-state index in [1.54, 1.807) is 19.3 Å². The highest BCUT2D eigenvalue weighted by Crippen LogP contribution is 2.42. The van der Waals surface area contributed by atoms with Crippen molar-refractivity contribution in [3.63, 3.8) is 0 Å². The Morgan fingerprint density at radius 3 is 2.85 bits per heavy atom. The number of fused-ring (bicyclic) bond motifs is 1. The molecule has 1 heterocycles. The van der Waals surface area contributed by atoms with Crippen molar-refractivity contribution >= 4 is 34.3 Å². The van der Waals surface area contributed by atoms with E-state index in [0.717, 1.165) is 22.0 Å². The third-order valence-electron chi connectivity index (χ3n) is 3.46. The minimum absolute atomic E-state index is 0.420. The Hall–Kier alpha value is -1.94. The maximum Gasteiger partial charge on any atom is 0.159 e. The average molecular weight is 287 g/mol. The standard InChI is InChI=1S/C15H15ClN4/c1-18-7-6-13(17)10-4-5-11-12(8-10)15(16)20-19-14(11)9-2-3-9/h4-9H,2-3,17H2,1H3. The first-order valence-corrected chi connectivity index (χ1v) is 6.92. The summed E-state index contributed by atoms with van der Waals surface area (Å²) in [6.45, 7) is 0. The predicted octanol–water partition coefficient (Wildman–Crippen LogP) is 3.16. The normalized spacial score (nSPS) is 16.2. The molecule has 102 valence electrons. The molecule has 0 amide bonds. The van der Waals surface area contributed by atoms with Gasteiger partial charge in [-0.3, -0.25) is 4.99 Å². The molecule has 0 saturated heterocycles. The summed E-state index contributed by atoms with van der Waals surface area (Å²) < 4.78 is 0. The van der Waals surface area contributed by atoms with Crippen LogP contribution in [0.25, 0.3) is 16.5 Å². The van der Waals surface area contributed by atoms with Gasteiger partial charge >= 0.3 is 0 Å². The van der Waals surface area contributed by atoms with Gasteiger partial charge in [-0.1, -0.05) is 23.7 Å². The van der Waals surface area contributed by atoms with Crippen LogP contribution in [0, 0.1) is 0 Å². The Labute approximate surface area is 122 Å². The van der Waals surface area contributed by atoms with Crippen LogP contribution in [0.3, 0.4) is 0 Å². The molecule has 0 unspecified atom stereocenters. The number of hydrogen-bond donors (Lipinski definition) is 1. The first-order chi connectivity index (χ1) is 9.70. The molecule has 1 aliphatic carbocycles. The average Bonchev–Trinajstić information content (AvgIpc) is 3.29. The van der Waals surface area contributed by atoms with Crippen molar-refractivity contribution in [2.75, 3.05) is 7.05 Å². The molecule has 1 saturated carbocycles. The molecule has 2 aromatic rings. The van der Waals surface area contributed by atoms with E-state index in [4.69, 9.17) is 17.3 Å². The molecule has 0 radical (unpaired) electrons. The highest BCUT2D eigenvalue weighted by molar-refractivity contribution is 6.34. The lowest BCUT2D eigenvalue weighted by atomic mass is 10.0. The number of rotatable bonds is 3. The third kappa shape index (κ3) is 2.39. The van der Waals surface area contributed by atoms with Gasteiger partial charge in [-0.25, -0.2) is 0 Å². The van der Waals surface area contributed by atoms with E-state index >= 15 is 0 Å². The summed E-state index contributed by atoms with van der Waals surface area (Å²) in [6, 6.07) is 5.98. The Morgan fingerprint density at radius 2 is 2.15 bits per heavy atom. The molecule has 20 heavy (non-hydrogen) atoms. The molecule has 5 heteroatoms. The number of nitrogens with zero attached hydrogens (tertiary/aromatic N) is 3. The highest BCUT2D eigenvalue weighted by Gasteiger charge is 2.27. The van der Waals surface area contributed by atoms with Crippen LogP contribution < -0.4 is 5.73 Å². The minimum Gasteiger partial charge on any atom is -0.398 e. The van der Waals surface area contributed by atoms with Crippen molar-refractivity contribution in [2.24, 2.45) is 10.7 Å². The van der Waals surface area contributed by atoms with Crippen molar-refractivity contribution in [1.29, 1.82) is 0 Å². The van der Waals surface area contributed by atoms with Crippen molar-refractivity contribution < 1.29 is 0 Å². The molecule has 1 aliphatic rings. The van der Waals surface area contributed by atoms with Gasteiger partial charge in [0.05, 0.1) is 5.69 Å². The quantitative estimate of drug-likeness (QED) is 0.882. The zero-order valence-corrected chi connectivity index (χ0v) is 11.9. The van der Waals surface area contributed by atoms with Gasteiger partial charge in [0, 0.05) is 35.6 Å². The molecule has 2 N–H and O–H groups in total. The molecule has 4 nitrogen and oxygen atoms in total. The second-order valence-corrected chi connectivity index (χ2v) is 5.30. The molecular weight excluding hydrogens is 272 g/mol. The number of allylic oxidation sites excluding steroid dienone is 1. The van der Waals surface area contributed by atoms with Gasteiger partial charge in [0.1, 0.15) is 0 Å². The van der Waals surface area contributed by atoms with Gasteiger partial charge in [0.25, 0.3) is 0 Å². The third-order valence-corrected chi connectivity index (χ3v) is 3.74. The van der Waals surface area contributed by atoms with Crippen LogP contribution in [0.2, 0.25) is 5.15 Å². The van der Waals surface area contributed by atoms with Crippen molar-refractivity contribution in [3.8, 4) is 0 Å². The van der Waals surface area contributed by atoms with Crippen LogP contribution in [-0.4, -0.2) is 23.5 Å². The maximum atomic E-state index is 6.17. The number of nitrogens with two attached hydrogens (primary N) is 1. The van der Waals surface area contributed by atoms with Crippen molar-refractivity contribution in [3.05, 3.63) is 40.7 Å². The molecule has 1 fully saturated rings. The summed E-state index contributed by atoms with van der Waals surface area (Å²) in [4.78, 5) is 3.90. The summed E-state index contributed by atoms with van der Waals surface area (Å²) in [5.74, 6) is 0.535. The summed E-state index contributed by atoms with van der Waals surface area (Å²) in [6.07, 6.45) is 5.80. The zero-order chi connectivity index (χ0) is 14.1. The van der Waals surface area contributed by atoms with E-state index in [9.17, 15) is 0 Å². The summed E-state index contributed by atoms with van der Waals surface area (Å²) >= 11 is 6.17. The Balaban J connectivity index is 2.13. The van der Waals surface area contributed by atoms with E-state index in [1.165, 1.54) is 12.8 Å².